The molecule has 0 unspecified atom stereocenters. The number of morpholine rings is 1. The Morgan fingerprint density at radius 1 is 1.15 bits per heavy atom. The van der Waals surface area contributed by atoms with Crippen molar-refractivity contribution in [2.45, 2.75) is 0 Å². The number of hydrogen-bond acceptors (Lipinski definition) is 2. The molecule has 1 amide bonds. The number of ether oxygens (including phenoxy) is 1. The van der Waals surface area contributed by atoms with Crippen LogP contribution >= 0.6 is 0 Å². The van der Waals surface area contributed by atoms with Gasteiger partial charge < -0.3 is 14.6 Å². The lowest BCUT2D eigenvalue weighted by Gasteiger charge is -2.26. The third kappa shape index (κ3) is 2.44. The van der Waals surface area contributed by atoms with E-state index in [9.17, 15) is 9.18 Å². The third-order valence-electron chi connectivity index (χ3n) is 3.43. The number of aromatic amines is 1. The first-order valence-electron chi connectivity index (χ1n) is 6.55. The first-order chi connectivity index (χ1) is 9.75. The molecule has 3 rings (SSSR count). The Bertz CT molecular complexity index is 601. The topological polar surface area (TPSA) is 45.3 Å². The zero-order valence-electron chi connectivity index (χ0n) is 10.9. The van der Waals surface area contributed by atoms with Crippen LogP contribution in [0.3, 0.4) is 0 Å². The van der Waals surface area contributed by atoms with Crippen LogP contribution in [-0.4, -0.2) is 42.1 Å². The van der Waals surface area contributed by atoms with Gasteiger partial charge in [-0.2, -0.15) is 0 Å². The highest BCUT2D eigenvalue weighted by atomic mass is 19.1. The van der Waals surface area contributed by atoms with E-state index in [0.717, 1.165) is 11.1 Å². The highest BCUT2D eigenvalue weighted by molar-refractivity contribution is 6.00. The predicted molar refractivity (Wildman–Crippen MR) is 72.9 cm³/mol. The first-order valence-corrected chi connectivity index (χ1v) is 6.55. The number of halogens is 1. The van der Waals surface area contributed by atoms with Gasteiger partial charge in [0.05, 0.1) is 18.8 Å². The Balaban J connectivity index is 1.89. The molecule has 1 aliphatic rings. The van der Waals surface area contributed by atoms with Crippen molar-refractivity contribution in [3.63, 3.8) is 0 Å². The van der Waals surface area contributed by atoms with Gasteiger partial charge in [0.2, 0.25) is 0 Å². The molecular formula is C15H15FN2O2. The number of nitrogens with zero attached hydrogens (tertiary/aromatic N) is 1. The molecule has 0 atom stereocenters. The van der Waals surface area contributed by atoms with Crippen LogP contribution in [0.25, 0.3) is 11.1 Å². The molecular weight excluding hydrogens is 259 g/mol. The number of carbonyl (C=O) groups is 1. The second-order valence-electron chi connectivity index (χ2n) is 4.69. The van der Waals surface area contributed by atoms with E-state index in [2.05, 4.69) is 4.98 Å². The van der Waals surface area contributed by atoms with Gasteiger partial charge in [-0.15, -0.1) is 0 Å². The molecule has 0 radical (unpaired) electrons. The van der Waals surface area contributed by atoms with E-state index in [-0.39, 0.29) is 11.7 Å². The maximum absolute atomic E-state index is 13.0. The minimum Gasteiger partial charge on any atom is -0.378 e. The molecule has 1 saturated heterocycles. The zero-order valence-corrected chi connectivity index (χ0v) is 10.9. The second kappa shape index (κ2) is 5.46. The van der Waals surface area contributed by atoms with Crippen molar-refractivity contribution in [3.05, 3.63) is 48.0 Å². The maximum Gasteiger partial charge on any atom is 0.256 e. The van der Waals surface area contributed by atoms with Crippen LogP contribution < -0.4 is 0 Å². The van der Waals surface area contributed by atoms with Gasteiger partial charge in [0, 0.05) is 31.0 Å². The molecule has 0 aliphatic carbocycles. The SMILES string of the molecule is O=C(c1c[nH]cc1-c1ccc(F)cc1)N1CCOCC1. The van der Waals surface area contributed by atoms with Crippen molar-refractivity contribution in [2.75, 3.05) is 26.3 Å². The van der Waals surface area contributed by atoms with Crippen molar-refractivity contribution < 1.29 is 13.9 Å². The smallest absolute Gasteiger partial charge is 0.256 e. The molecule has 1 fully saturated rings. The molecule has 1 aromatic carbocycles. The minimum absolute atomic E-state index is 0.0196. The quantitative estimate of drug-likeness (QED) is 0.913. The van der Waals surface area contributed by atoms with Gasteiger partial charge in [-0.1, -0.05) is 12.1 Å². The summed E-state index contributed by atoms with van der Waals surface area (Å²) in [6.07, 6.45) is 3.46. The van der Waals surface area contributed by atoms with Crippen LogP contribution in [0.5, 0.6) is 0 Å². The number of benzene rings is 1. The number of carbonyl (C=O) groups excluding carboxylic acids is 1. The van der Waals surface area contributed by atoms with Crippen molar-refractivity contribution >= 4 is 5.91 Å². The molecule has 0 saturated carbocycles. The molecule has 2 heterocycles. The molecule has 1 aromatic heterocycles. The van der Waals surface area contributed by atoms with Gasteiger partial charge in [0.25, 0.3) is 5.91 Å². The second-order valence-corrected chi connectivity index (χ2v) is 4.69. The van der Waals surface area contributed by atoms with E-state index in [1.54, 1.807) is 29.4 Å². The third-order valence-corrected chi connectivity index (χ3v) is 3.43. The number of H-pyrrole nitrogens is 1. The average molecular weight is 274 g/mol. The molecule has 104 valence electrons. The number of amides is 1. The largest absolute Gasteiger partial charge is 0.378 e. The fraction of sp³-hybridized carbons (Fsp3) is 0.267. The van der Waals surface area contributed by atoms with Crippen LogP contribution in [0, 0.1) is 5.82 Å². The minimum atomic E-state index is -0.287. The summed E-state index contributed by atoms with van der Waals surface area (Å²) in [6, 6.07) is 6.14. The molecule has 1 N–H and O–H groups in total. The number of hydrogen-bond donors (Lipinski definition) is 1. The summed E-state index contributed by atoms with van der Waals surface area (Å²) in [6.45, 7) is 2.35. The normalized spacial score (nSPS) is 15.3. The van der Waals surface area contributed by atoms with Gasteiger partial charge in [0.1, 0.15) is 5.82 Å². The Hall–Kier alpha value is -2.14. The van der Waals surface area contributed by atoms with Crippen LogP contribution in [0.2, 0.25) is 0 Å². The lowest BCUT2D eigenvalue weighted by molar-refractivity contribution is 0.0303. The molecule has 1 aliphatic heterocycles. The fourth-order valence-electron chi connectivity index (χ4n) is 2.35. The van der Waals surface area contributed by atoms with E-state index in [0.29, 0.717) is 31.9 Å². The van der Waals surface area contributed by atoms with Crippen LogP contribution in [-0.2, 0) is 4.74 Å². The summed E-state index contributed by atoms with van der Waals surface area (Å²) >= 11 is 0. The van der Waals surface area contributed by atoms with Crippen molar-refractivity contribution in [1.29, 1.82) is 0 Å². The zero-order chi connectivity index (χ0) is 13.9. The molecule has 5 heteroatoms. The van der Waals surface area contributed by atoms with Gasteiger partial charge in [0.15, 0.2) is 0 Å². The Labute approximate surface area is 116 Å². The van der Waals surface area contributed by atoms with Crippen LogP contribution in [0.1, 0.15) is 10.4 Å². The monoisotopic (exact) mass is 274 g/mol. The summed E-state index contributed by atoms with van der Waals surface area (Å²) < 4.78 is 18.2. The first kappa shape index (κ1) is 12.9. The molecule has 0 spiro atoms. The Morgan fingerprint density at radius 2 is 1.85 bits per heavy atom. The molecule has 2 aromatic rings. The van der Waals surface area contributed by atoms with Gasteiger partial charge in [-0.3, -0.25) is 4.79 Å². The summed E-state index contributed by atoms with van der Waals surface area (Å²) in [5.74, 6) is -0.306. The lowest BCUT2D eigenvalue weighted by Crippen LogP contribution is -2.40. The summed E-state index contributed by atoms with van der Waals surface area (Å²) in [7, 11) is 0. The highest BCUT2D eigenvalue weighted by Gasteiger charge is 2.22. The maximum atomic E-state index is 13.0. The fourth-order valence-corrected chi connectivity index (χ4v) is 2.35. The Kier molecular flexibility index (Phi) is 3.52. The van der Waals surface area contributed by atoms with Gasteiger partial charge >= 0.3 is 0 Å². The number of aromatic nitrogens is 1. The standard InChI is InChI=1S/C15H15FN2O2/c16-12-3-1-11(2-4-12)13-9-17-10-14(13)15(19)18-5-7-20-8-6-18/h1-4,9-10,17H,5-8H2. The number of nitrogens with one attached hydrogen (secondary N) is 1. The van der Waals surface area contributed by atoms with Crippen molar-refractivity contribution in [2.24, 2.45) is 0 Å². The van der Waals surface area contributed by atoms with Gasteiger partial charge in [-0.05, 0) is 17.7 Å². The predicted octanol–water partition coefficient (Wildman–Crippen LogP) is 2.29. The Morgan fingerprint density at radius 3 is 2.55 bits per heavy atom. The van der Waals surface area contributed by atoms with E-state index >= 15 is 0 Å². The van der Waals surface area contributed by atoms with Crippen LogP contribution in [0.15, 0.2) is 36.7 Å². The average Bonchev–Trinajstić information content (AvgIpc) is 2.97. The lowest BCUT2D eigenvalue weighted by atomic mass is 10.0. The van der Waals surface area contributed by atoms with E-state index in [1.165, 1.54) is 12.1 Å². The molecule has 20 heavy (non-hydrogen) atoms. The summed E-state index contributed by atoms with van der Waals surface area (Å²) in [5.41, 5.74) is 2.23. The van der Waals surface area contributed by atoms with E-state index in [1.807, 2.05) is 0 Å². The van der Waals surface area contributed by atoms with Gasteiger partial charge in [-0.25, -0.2) is 4.39 Å². The van der Waals surface area contributed by atoms with E-state index < -0.39 is 0 Å². The summed E-state index contributed by atoms with van der Waals surface area (Å²) in [5, 5.41) is 0. The van der Waals surface area contributed by atoms with Crippen molar-refractivity contribution in [3.8, 4) is 11.1 Å². The highest BCUT2D eigenvalue weighted by Crippen LogP contribution is 2.25. The molecule has 4 nitrogen and oxygen atoms in total. The number of rotatable bonds is 2. The summed E-state index contributed by atoms with van der Waals surface area (Å²) in [4.78, 5) is 17.2. The molecule has 0 bridgehead atoms. The van der Waals surface area contributed by atoms with Crippen molar-refractivity contribution in [1.82, 2.24) is 9.88 Å². The van der Waals surface area contributed by atoms with Crippen LogP contribution in [0.4, 0.5) is 4.39 Å². The van der Waals surface area contributed by atoms with E-state index in [4.69, 9.17) is 4.74 Å².